The molecule has 1 spiro atoms. The zero-order valence-corrected chi connectivity index (χ0v) is 13.3. The van der Waals surface area contributed by atoms with Crippen LogP contribution in [0.15, 0.2) is 12.3 Å². The Bertz CT molecular complexity index is 554. The summed E-state index contributed by atoms with van der Waals surface area (Å²) in [5.74, 6) is 0.261. The van der Waals surface area contributed by atoms with Crippen LogP contribution in [0.1, 0.15) is 19.3 Å². The van der Waals surface area contributed by atoms with Gasteiger partial charge in [-0.3, -0.25) is 14.3 Å². The molecule has 0 bridgehead atoms. The predicted octanol–water partition coefficient (Wildman–Crippen LogP) is 0.806. The van der Waals surface area contributed by atoms with E-state index >= 15 is 0 Å². The van der Waals surface area contributed by atoms with Gasteiger partial charge in [0, 0.05) is 18.2 Å². The number of nitrogens with zero attached hydrogens (tertiary/aromatic N) is 2. The molecule has 1 aromatic heterocycles. The maximum absolute atomic E-state index is 12.3. The summed E-state index contributed by atoms with van der Waals surface area (Å²) in [5.41, 5.74) is 0.212. The minimum Gasteiger partial charge on any atom is -0.468 e. The zero-order chi connectivity index (χ0) is 14.9. The molecule has 122 valence electrons. The summed E-state index contributed by atoms with van der Waals surface area (Å²) in [6.07, 6.45) is 4.77. The van der Waals surface area contributed by atoms with Crippen LogP contribution in [0.4, 0.5) is 5.82 Å². The molecule has 2 fully saturated rings. The highest BCUT2D eigenvalue weighted by Gasteiger charge is 2.57. The summed E-state index contributed by atoms with van der Waals surface area (Å²) in [4.78, 5) is 23.4. The molecule has 1 unspecified atom stereocenters. The van der Waals surface area contributed by atoms with Crippen LogP contribution >= 0.6 is 12.4 Å². The molecule has 1 saturated heterocycles. The molecule has 1 atom stereocenters. The van der Waals surface area contributed by atoms with Crippen molar-refractivity contribution in [3.63, 3.8) is 0 Å². The number of amides is 1. The van der Waals surface area contributed by atoms with E-state index in [0.29, 0.717) is 5.82 Å². The quantitative estimate of drug-likeness (QED) is 0.799. The van der Waals surface area contributed by atoms with Crippen LogP contribution in [0.5, 0.6) is 0 Å². The third-order valence-corrected chi connectivity index (χ3v) is 4.52. The lowest BCUT2D eigenvalue weighted by Gasteiger charge is -2.23. The van der Waals surface area contributed by atoms with E-state index < -0.39 is 0 Å². The molecule has 1 saturated carbocycles. The first-order valence-electron chi connectivity index (χ1n) is 7.25. The fourth-order valence-electron chi connectivity index (χ4n) is 3.12. The number of anilines is 1. The number of hydrogen-bond acceptors (Lipinski definition) is 5. The molecular weight excluding hydrogens is 308 g/mol. The van der Waals surface area contributed by atoms with Crippen LogP contribution < -0.4 is 10.6 Å². The number of nitrogens with one attached hydrogen (secondary N) is 2. The minimum absolute atomic E-state index is 0. The van der Waals surface area contributed by atoms with Crippen molar-refractivity contribution in [2.75, 3.05) is 25.5 Å². The first-order chi connectivity index (χ1) is 10.1. The number of esters is 1. The third kappa shape index (κ3) is 3.41. The third-order valence-electron chi connectivity index (χ3n) is 4.52. The van der Waals surface area contributed by atoms with Gasteiger partial charge in [-0.1, -0.05) is 0 Å². The Balaban J connectivity index is 0.00000176. The lowest BCUT2D eigenvalue weighted by molar-refractivity contribution is -0.141. The topological polar surface area (TPSA) is 85.2 Å². The first kappa shape index (κ1) is 16.8. The summed E-state index contributed by atoms with van der Waals surface area (Å²) in [6, 6.07) is 1.69. The van der Waals surface area contributed by atoms with Crippen molar-refractivity contribution in [1.82, 2.24) is 15.1 Å². The molecule has 7 nitrogen and oxygen atoms in total. The smallest absolute Gasteiger partial charge is 0.327 e. The maximum atomic E-state index is 12.3. The van der Waals surface area contributed by atoms with Gasteiger partial charge >= 0.3 is 5.97 Å². The number of ether oxygens (including phenoxy) is 1. The molecule has 1 aromatic rings. The molecule has 0 radical (unpaired) electrons. The Hall–Kier alpha value is -1.60. The van der Waals surface area contributed by atoms with Gasteiger partial charge in [-0.2, -0.15) is 5.10 Å². The largest absolute Gasteiger partial charge is 0.468 e. The Morgan fingerprint density at radius 2 is 2.23 bits per heavy atom. The van der Waals surface area contributed by atoms with E-state index in [4.69, 9.17) is 0 Å². The van der Waals surface area contributed by atoms with Gasteiger partial charge in [0.2, 0.25) is 5.91 Å². The average molecular weight is 329 g/mol. The van der Waals surface area contributed by atoms with Gasteiger partial charge < -0.3 is 15.4 Å². The highest BCUT2D eigenvalue weighted by molar-refractivity contribution is 5.94. The molecule has 1 amide bonds. The molecule has 0 aromatic carbocycles. The second-order valence-corrected chi connectivity index (χ2v) is 5.83. The minimum atomic E-state index is -0.369. The van der Waals surface area contributed by atoms with Crippen molar-refractivity contribution in [2.45, 2.75) is 25.8 Å². The number of hydrogen-bond donors (Lipinski definition) is 2. The van der Waals surface area contributed by atoms with Gasteiger partial charge in [0.1, 0.15) is 6.54 Å². The molecular formula is C14H21ClN4O3. The average Bonchev–Trinajstić information content (AvgIpc) is 2.99. The van der Waals surface area contributed by atoms with Gasteiger partial charge in [0.15, 0.2) is 5.82 Å². The number of carbonyl (C=O) groups excluding carboxylic acids is 2. The summed E-state index contributed by atoms with van der Waals surface area (Å²) in [5, 5.41) is 10.3. The van der Waals surface area contributed by atoms with Crippen molar-refractivity contribution in [3.05, 3.63) is 12.3 Å². The fourth-order valence-corrected chi connectivity index (χ4v) is 3.12. The van der Waals surface area contributed by atoms with Crippen molar-refractivity contribution in [2.24, 2.45) is 11.3 Å². The van der Waals surface area contributed by atoms with E-state index in [-0.39, 0.29) is 42.2 Å². The van der Waals surface area contributed by atoms with Crippen molar-refractivity contribution in [3.8, 4) is 0 Å². The van der Waals surface area contributed by atoms with Crippen LogP contribution in [-0.4, -0.2) is 41.9 Å². The number of aromatic nitrogens is 2. The predicted molar refractivity (Wildman–Crippen MR) is 82.8 cm³/mol. The standard InChI is InChI=1S/C14H20N4O3.ClH/c1-21-12(19)9-18-7-2-11(17-18)16-13(20)10-8-14(10)3-5-15-6-4-14;/h2,7,10,15H,3-6,8-9H2,1H3,(H,16,17,20);1H. The molecule has 2 aliphatic rings. The number of carbonyl (C=O) groups is 2. The van der Waals surface area contributed by atoms with Crippen LogP contribution in [0, 0.1) is 11.3 Å². The van der Waals surface area contributed by atoms with Crippen LogP contribution in [0.25, 0.3) is 0 Å². The second-order valence-electron chi connectivity index (χ2n) is 5.83. The summed E-state index contributed by atoms with van der Waals surface area (Å²) >= 11 is 0. The molecule has 2 heterocycles. The normalized spacial score (nSPS) is 21.8. The van der Waals surface area contributed by atoms with E-state index in [2.05, 4.69) is 20.5 Å². The number of halogens is 1. The monoisotopic (exact) mass is 328 g/mol. The zero-order valence-electron chi connectivity index (χ0n) is 12.5. The van der Waals surface area contributed by atoms with Gasteiger partial charge in [-0.25, -0.2) is 0 Å². The molecule has 22 heavy (non-hydrogen) atoms. The first-order valence-corrected chi connectivity index (χ1v) is 7.25. The lowest BCUT2D eigenvalue weighted by atomic mass is 9.92. The number of methoxy groups -OCH3 is 1. The molecule has 8 heteroatoms. The van der Waals surface area contributed by atoms with Gasteiger partial charge in [0.05, 0.1) is 7.11 Å². The van der Waals surface area contributed by atoms with Gasteiger partial charge in [0.25, 0.3) is 0 Å². The second kappa shape index (κ2) is 6.66. The molecule has 3 rings (SSSR count). The Morgan fingerprint density at radius 3 is 2.91 bits per heavy atom. The van der Waals surface area contributed by atoms with Gasteiger partial charge in [-0.15, -0.1) is 12.4 Å². The maximum Gasteiger partial charge on any atom is 0.327 e. The summed E-state index contributed by atoms with van der Waals surface area (Å²) in [7, 11) is 1.33. The molecule has 2 N–H and O–H groups in total. The van der Waals surface area contributed by atoms with E-state index in [0.717, 1.165) is 32.4 Å². The van der Waals surface area contributed by atoms with Crippen molar-refractivity contribution < 1.29 is 14.3 Å². The van der Waals surface area contributed by atoms with Crippen LogP contribution in [0.2, 0.25) is 0 Å². The van der Waals surface area contributed by atoms with Gasteiger partial charge in [-0.05, 0) is 37.8 Å². The molecule has 1 aliphatic heterocycles. The van der Waals surface area contributed by atoms with E-state index in [1.54, 1.807) is 12.3 Å². The lowest BCUT2D eigenvalue weighted by Crippen LogP contribution is -2.31. The Labute approximate surface area is 135 Å². The fraction of sp³-hybridized carbons (Fsp3) is 0.643. The van der Waals surface area contributed by atoms with E-state index in [9.17, 15) is 9.59 Å². The highest BCUT2D eigenvalue weighted by Crippen LogP contribution is 2.58. The summed E-state index contributed by atoms with van der Waals surface area (Å²) in [6.45, 7) is 2.04. The van der Waals surface area contributed by atoms with Crippen molar-refractivity contribution in [1.29, 1.82) is 0 Å². The number of rotatable bonds is 4. The van der Waals surface area contributed by atoms with E-state index in [1.807, 2.05) is 0 Å². The Kier molecular flexibility index (Phi) is 5.08. The van der Waals surface area contributed by atoms with Crippen molar-refractivity contribution >= 4 is 30.1 Å². The molecule has 1 aliphatic carbocycles. The summed E-state index contributed by atoms with van der Waals surface area (Å²) < 4.78 is 6.03. The van der Waals surface area contributed by atoms with Crippen LogP contribution in [0.3, 0.4) is 0 Å². The number of piperidine rings is 1. The van der Waals surface area contributed by atoms with Crippen LogP contribution in [-0.2, 0) is 20.9 Å². The van der Waals surface area contributed by atoms with E-state index in [1.165, 1.54) is 11.8 Å². The Morgan fingerprint density at radius 1 is 1.50 bits per heavy atom. The SMILES string of the molecule is COC(=O)Cn1ccc(NC(=O)C2CC23CCNCC3)n1.Cl. The highest BCUT2D eigenvalue weighted by atomic mass is 35.5.